The van der Waals surface area contributed by atoms with Crippen LogP contribution in [0.4, 0.5) is 0 Å². The van der Waals surface area contributed by atoms with E-state index in [1.807, 2.05) is 12.1 Å². The van der Waals surface area contributed by atoms with Crippen molar-refractivity contribution in [3.05, 3.63) is 42.5 Å². The summed E-state index contributed by atoms with van der Waals surface area (Å²) in [6.45, 7) is 10.2. The van der Waals surface area contributed by atoms with Crippen molar-refractivity contribution in [1.29, 1.82) is 0 Å². The van der Waals surface area contributed by atoms with Crippen LogP contribution in [0.3, 0.4) is 0 Å². The highest BCUT2D eigenvalue weighted by atomic mass is 16.5. The second kappa shape index (κ2) is 6.22. The summed E-state index contributed by atoms with van der Waals surface area (Å²) in [5, 5.41) is 3.60. The van der Waals surface area contributed by atoms with Crippen LogP contribution < -0.4 is 10.1 Å². The number of hydrogen-bond acceptors (Lipinski definition) is 3. The van der Waals surface area contributed by atoms with Crippen molar-refractivity contribution in [2.45, 2.75) is 38.5 Å². The molecule has 1 aliphatic heterocycles. The van der Waals surface area contributed by atoms with Crippen LogP contribution >= 0.6 is 0 Å². The van der Waals surface area contributed by atoms with Crippen molar-refractivity contribution in [3.63, 3.8) is 0 Å². The molecule has 2 unspecified atom stereocenters. The maximum Gasteiger partial charge on any atom is 0.119 e. The fourth-order valence-electron chi connectivity index (χ4n) is 2.23. The molecule has 0 spiro atoms. The first-order chi connectivity index (χ1) is 9.14. The average molecular weight is 261 g/mol. The minimum atomic E-state index is 0.0814. The highest BCUT2D eigenvalue weighted by Crippen LogP contribution is 2.25. The molecule has 3 heteroatoms. The van der Waals surface area contributed by atoms with Gasteiger partial charge >= 0.3 is 0 Å². The lowest BCUT2D eigenvalue weighted by Crippen LogP contribution is -2.47. The monoisotopic (exact) mass is 261 g/mol. The van der Waals surface area contributed by atoms with Gasteiger partial charge in [0.25, 0.3) is 0 Å². The van der Waals surface area contributed by atoms with E-state index >= 15 is 0 Å². The molecule has 0 aromatic heterocycles. The maximum absolute atomic E-state index is 5.63. The van der Waals surface area contributed by atoms with Crippen molar-refractivity contribution in [1.82, 2.24) is 5.32 Å². The van der Waals surface area contributed by atoms with E-state index in [1.54, 1.807) is 6.08 Å². The summed E-state index contributed by atoms with van der Waals surface area (Å²) in [6, 6.07) is 8.18. The molecule has 0 saturated carbocycles. The zero-order chi connectivity index (χ0) is 13.7. The summed E-state index contributed by atoms with van der Waals surface area (Å²) in [4.78, 5) is 0. The lowest BCUT2D eigenvalue weighted by atomic mass is 9.94. The summed E-state index contributed by atoms with van der Waals surface area (Å²) in [5.41, 5.74) is 1.34. The number of ether oxygens (including phenoxy) is 2. The molecule has 1 aromatic rings. The molecule has 2 rings (SSSR count). The SMILES string of the molecule is C=CCOc1ccc(CNC2(C)CCOC2C)cc1. The zero-order valence-electron chi connectivity index (χ0n) is 11.8. The third kappa shape index (κ3) is 3.58. The molecule has 0 radical (unpaired) electrons. The third-order valence-electron chi connectivity index (χ3n) is 3.87. The molecule has 104 valence electrons. The van der Waals surface area contributed by atoms with Gasteiger partial charge in [-0.25, -0.2) is 0 Å². The van der Waals surface area contributed by atoms with Gasteiger partial charge in [-0.05, 0) is 38.0 Å². The Hall–Kier alpha value is -1.32. The van der Waals surface area contributed by atoms with Gasteiger partial charge in [-0.2, -0.15) is 0 Å². The largest absolute Gasteiger partial charge is 0.490 e. The number of benzene rings is 1. The molecule has 1 aliphatic rings. The molecule has 1 aromatic carbocycles. The third-order valence-corrected chi connectivity index (χ3v) is 3.87. The Morgan fingerprint density at radius 2 is 2.21 bits per heavy atom. The molecule has 1 fully saturated rings. The van der Waals surface area contributed by atoms with Gasteiger partial charge in [0.15, 0.2) is 0 Å². The van der Waals surface area contributed by atoms with Gasteiger partial charge < -0.3 is 14.8 Å². The standard InChI is InChI=1S/C16H23NO2/c1-4-10-19-15-7-5-14(6-8-15)12-17-16(3)9-11-18-13(16)2/h4-8,13,17H,1,9-12H2,2-3H3. The van der Waals surface area contributed by atoms with Crippen molar-refractivity contribution < 1.29 is 9.47 Å². The molecule has 1 heterocycles. The molecule has 2 atom stereocenters. The number of nitrogens with one attached hydrogen (secondary N) is 1. The van der Waals surface area contributed by atoms with Crippen LogP contribution in [-0.2, 0) is 11.3 Å². The maximum atomic E-state index is 5.63. The van der Waals surface area contributed by atoms with E-state index < -0.39 is 0 Å². The fraction of sp³-hybridized carbons (Fsp3) is 0.500. The van der Waals surface area contributed by atoms with Gasteiger partial charge in [0, 0.05) is 18.7 Å². The van der Waals surface area contributed by atoms with Crippen molar-refractivity contribution in [2.24, 2.45) is 0 Å². The second-order valence-electron chi connectivity index (χ2n) is 5.28. The molecular formula is C16H23NO2. The van der Waals surface area contributed by atoms with Crippen molar-refractivity contribution >= 4 is 0 Å². The van der Waals surface area contributed by atoms with Gasteiger partial charge in [0.2, 0.25) is 0 Å². The molecule has 0 amide bonds. The Kier molecular flexibility index (Phi) is 4.61. The van der Waals surface area contributed by atoms with Crippen LogP contribution in [-0.4, -0.2) is 24.9 Å². The minimum Gasteiger partial charge on any atom is -0.490 e. The van der Waals surface area contributed by atoms with Crippen LogP contribution in [0, 0.1) is 0 Å². The molecule has 0 bridgehead atoms. The van der Waals surface area contributed by atoms with Crippen molar-refractivity contribution in [2.75, 3.05) is 13.2 Å². The second-order valence-corrected chi connectivity index (χ2v) is 5.28. The Bertz CT molecular complexity index is 415. The molecule has 1 saturated heterocycles. The van der Waals surface area contributed by atoms with E-state index in [1.165, 1.54) is 5.56 Å². The molecular weight excluding hydrogens is 238 g/mol. The molecule has 3 nitrogen and oxygen atoms in total. The van der Waals surface area contributed by atoms with Crippen LogP contribution in [0.5, 0.6) is 5.75 Å². The normalized spacial score (nSPS) is 26.3. The predicted molar refractivity (Wildman–Crippen MR) is 77.4 cm³/mol. The lowest BCUT2D eigenvalue weighted by Gasteiger charge is -2.29. The van der Waals surface area contributed by atoms with Crippen LogP contribution in [0.1, 0.15) is 25.8 Å². The molecule has 0 aliphatic carbocycles. The Morgan fingerprint density at radius 3 is 2.79 bits per heavy atom. The quantitative estimate of drug-likeness (QED) is 0.799. The van der Waals surface area contributed by atoms with Crippen molar-refractivity contribution in [3.8, 4) is 5.75 Å². The van der Waals surface area contributed by atoms with Crippen LogP contribution in [0.15, 0.2) is 36.9 Å². The van der Waals surface area contributed by atoms with E-state index in [2.05, 4.69) is 37.9 Å². The van der Waals surface area contributed by atoms with Gasteiger partial charge in [0.1, 0.15) is 12.4 Å². The topological polar surface area (TPSA) is 30.5 Å². The average Bonchev–Trinajstić information content (AvgIpc) is 2.76. The zero-order valence-corrected chi connectivity index (χ0v) is 11.8. The van der Waals surface area contributed by atoms with E-state index in [4.69, 9.17) is 9.47 Å². The first kappa shape index (κ1) is 14.1. The number of rotatable bonds is 6. The highest BCUT2D eigenvalue weighted by Gasteiger charge is 2.36. The summed E-state index contributed by atoms with van der Waals surface area (Å²) in [6.07, 6.45) is 3.08. The molecule has 19 heavy (non-hydrogen) atoms. The Labute approximate surface area is 115 Å². The van der Waals surface area contributed by atoms with Crippen LogP contribution in [0.2, 0.25) is 0 Å². The van der Waals surface area contributed by atoms with E-state index in [-0.39, 0.29) is 11.6 Å². The minimum absolute atomic E-state index is 0.0814. The van der Waals surface area contributed by atoms with Gasteiger partial charge in [-0.15, -0.1) is 0 Å². The number of hydrogen-bond donors (Lipinski definition) is 1. The first-order valence-electron chi connectivity index (χ1n) is 6.83. The Balaban J connectivity index is 1.87. The van der Waals surface area contributed by atoms with Crippen LogP contribution in [0.25, 0.3) is 0 Å². The summed E-state index contributed by atoms with van der Waals surface area (Å²) in [5.74, 6) is 0.882. The summed E-state index contributed by atoms with van der Waals surface area (Å²) in [7, 11) is 0. The first-order valence-corrected chi connectivity index (χ1v) is 6.83. The Morgan fingerprint density at radius 1 is 1.47 bits per heavy atom. The lowest BCUT2D eigenvalue weighted by molar-refractivity contribution is 0.0881. The summed E-state index contributed by atoms with van der Waals surface area (Å²) >= 11 is 0. The summed E-state index contributed by atoms with van der Waals surface area (Å²) < 4.78 is 11.1. The smallest absolute Gasteiger partial charge is 0.119 e. The fourth-order valence-corrected chi connectivity index (χ4v) is 2.23. The predicted octanol–water partition coefficient (Wildman–Crippen LogP) is 2.91. The van der Waals surface area contributed by atoms with Gasteiger partial charge in [-0.1, -0.05) is 24.8 Å². The van der Waals surface area contributed by atoms with E-state index in [0.29, 0.717) is 6.61 Å². The molecule has 1 N–H and O–H groups in total. The van der Waals surface area contributed by atoms with Gasteiger partial charge in [0.05, 0.1) is 6.10 Å². The van der Waals surface area contributed by atoms with E-state index in [0.717, 1.165) is 25.3 Å². The van der Waals surface area contributed by atoms with Gasteiger partial charge in [-0.3, -0.25) is 0 Å². The van der Waals surface area contributed by atoms with E-state index in [9.17, 15) is 0 Å². The highest BCUT2D eigenvalue weighted by molar-refractivity contribution is 5.27.